The first kappa shape index (κ1) is 13.5. The van der Waals surface area contributed by atoms with E-state index in [-0.39, 0.29) is 5.75 Å². The van der Waals surface area contributed by atoms with Crippen LogP contribution in [0.25, 0.3) is 10.9 Å². The second kappa shape index (κ2) is 5.50. The maximum atomic E-state index is 13.8. The quantitative estimate of drug-likeness (QED) is 0.800. The van der Waals surface area contributed by atoms with Crippen LogP contribution < -0.4 is 10.5 Å². The fourth-order valence-corrected chi connectivity index (χ4v) is 2.35. The molecule has 0 amide bonds. The average molecular weight is 282 g/mol. The van der Waals surface area contributed by atoms with Gasteiger partial charge in [-0.3, -0.25) is 4.98 Å². The summed E-state index contributed by atoms with van der Waals surface area (Å²) in [6.07, 6.45) is 1.74. The minimum absolute atomic E-state index is 0.214. The van der Waals surface area contributed by atoms with Crippen molar-refractivity contribution in [1.29, 1.82) is 0 Å². The topological polar surface area (TPSA) is 48.1 Å². The van der Waals surface area contributed by atoms with Crippen molar-refractivity contribution in [1.82, 2.24) is 4.98 Å². The van der Waals surface area contributed by atoms with Crippen LogP contribution in [0.3, 0.4) is 0 Å². The fraction of sp³-hybridized carbons (Fsp3) is 0.118. The summed E-state index contributed by atoms with van der Waals surface area (Å²) in [6.45, 7) is 0. The first-order valence-corrected chi connectivity index (χ1v) is 6.63. The number of hydrogen-bond acceptors (Lipinski definition) is 3. The van der Waals surface area contributed by atoms with Crippen molar-refractivity contribution in [2.24, 2.45) is 5.73 Å². The Morgan fingerprint density at radius 2 is 1.86 bits per heavy atom. The molecule has 2 aromatic carbocycles. The van der Waals surface area contributed by atoms with Crippen molar-refractivity contribution in [3.05, 3.63) is 71.7 Å². The number of methoxy groups -OCH3 is 1. The molecule has 0 aliphatic rings. The standard InChI is InChI=1S/C17H15FN2O/c1-21-16-7-6-12(9-14(16)18)17(19)13-5-4-11-3-2-8-20-15(11)10-13/h2-10,17H,19H2,1H3. The number of nitrogens with zero attached hydrogens (tertiary/aromatic N) is 1. The Labute approximate surface area is 122 Å². The van der Waals surface area contributed by atoms with E-state index in [9.17, 15) is 4.39 Å². The van der Waals surface area contributed by atoms with Crippen LogP contribution in [0.1, 0.15) is 17.2 Å². The normalized spacial score (nSPS) is 12.3. The summed E-state index contributed by atoms with van der Waals surface area (Å²) in [5.74, 6) is -0.199. The molecule has 3 rings (SSSR count). The highest BCUT2D eigenvalue weighted by molar-refractivity contribution is 5.79. The predicted octanol–water partition coefficient (Wildman–Crippen LogP) is 3.43. The number of rotatable bonds is 3. The van der Waals surface area contributed by atoms with Crippen LogP contribution in [0.5, 0.6) is 5.75 Å². The highest BCUT2D eigenvalue weighted by atomic mass is 19.1. The molecule has 2 N–H and O–H groups in total. The molecule has 1 heterocycles. The van der Waals surface area contributed by atoms with Crippen molar-refractivity contribution in [3.63, 3.8) is 0 Å². The van der Waals surface area contributed by atoms with E-state index in [1.807, 2.05) is 30.3 Å². The average Bonchev–Trinajstić information content (AvgIpc) is 2.53. The molecule has 0 fully saturated rings. The van der Waals surface area contributed by atoms with Gasteiger partial charge in [0.15, 0.2) is 11.6 Å². The van der Waals surface area contributed by atoms with E-state index in [4.69, 9.17) is 10.5 Å². The molecule has 1 aromatic heterocycles. The van der Waals surface area contributed by atoms with Crippen molar-refractivity contribution in [3.8, 4) is 5.75 Å². The highest BCUT2D eigenvalue weighted by Gasteiger charge is 2.12. The second-order valence-electron chi connectivity index (χ2n) is 4.83. The van der Waals surface area contributed by atoms with Gasteiger partial charge < -0.3 is 10.5 Å². The summed E-state index contributed by atoms with van der Waals surface area (Å²) in [4.78, 5) is 4.31. The molecule has 0 aliphatic heterocycles. The number of fused-ring (bicyclic) bond motifs is 1. The Kier molecular flexibility index (Phi) is 3.54. The van der Waals surface area contributed by atoms with Gasteiger partial charge in [-0.1, -0.05) is 24.3 Å². The third kappa shape index (κ3) is 2.58. The van der Waals surface area contributed by atoms with Crippen LogP contribution in [0, 0.1) is 5.82 Å². The van der Waals surface area contributed by atoms with Gasteiger partial charge in [-0.25, -0.2) is 4.39 Å². The second-order valence-corrected chi connectivity index (χ2v) is 4.83. The van der Waals surface area contributed by atoms with Gasteiger partial charge >= 0.3 is 0 Å². The summed E-state index contributed by atoms with van der Waals surface area (Å²) in [7, 11) is 1.44. The summed E-state index contributed by atoms with van der Waals surface area (Å²) >= 11 is 0. The monoisotopic (exact) mass is 282 g/mol. The summed E-state index contributed by atoms with van der Waals surface area (Å²) < 4.78 is 18.7. The SMILES string of the molecule is COc1ccc(C(N)c2ccc3cccnc3c2)cc1F. The zero-order valence-corrected chi connectivity index (χ0v) is 11.6. The molecule has 0 saturated carbocycles. The van der Waals surface area contributed by atoms with Gasteiger partial charge in [0.2, 0.25) is 0 Å². The molecular formula is C17H15FN2O. The van der Waals surface area contributed by atoms with E-state index in [1.54, 1.807) is 18.3 Å². The number of benzene rings is 2. The van der Waals surface area contributed by atoms with Crippen molar-refractivity contribution in [2.45, 2.75) is 6.04 Å². The number of hydrogen-bond donors (Lipinski definition) is 1. The Hall–Kier alpha value is -2.46. The zero-order valence-electron chi connectivity index (χ0n) is 11.6. The lowest BCUT2D eigenvalue weighted by Crippen LogP contribution is -2.12. The summed E-state index contributed by atoms with van der Waals surface area (Å²) in [5.41, 5.74) is 8.70. The maximum Gasteiger partial charge on any atom is 0.165 e. The lowest BCUT2D eigenvalue weighted by molar-refractivity contribution is 0.386. The van der Waals surface area contributed by atoms with E-state index in [1.165, 1.54) is 13.2 Å². The first-order chi connectivity index (χ1) is 10.2. The molecule has 0 saturated heterocycles. The lowest BCUT2D eigenvalue weighted by Gasteiger charge is -2.14. The molecule has 0 bridgehead atoms. The first-order valence-electron chi connectivity index (χ1n) is 6.63. The summed E-state index contributed by atoms with van der Waals surface area (Å²) in [5, 5.41) is 1.05. The Morgan fingerprint density at radius 1 is 1.10 bits per heavy atom. The van der Waals surface area contributed by atoms with E-state index in [0.29, 0.717) is 5.56 Å². The molecule has 4 heteroatoms. The van der Waals surface area contributed by atoms with Gasteiger partial charge in [0.05, 0.1) is 18.7 Å². The Morgan fingerprint density at radius 3 is 2.62 bits per heavy atom. The number of nitrogens with two attached hydrogens (primary N) is 1. The van der Waals surface area contributed by atoms with Crippen LogP contribution >= 0.6 is 0 Å². The molecule has 1 atom stereocenters. The van der Waals surface area contributed by atoms with Crippen LogP contribution in [0.2, 0.25) is 0 Å². The molecule has 0 radical (unpaired) electrons. The fourth-order valence-electron chi connectivity index (χ4n) is 2.35. The highest BCUT2D eigenvalue weighted by Crippen LogP contribution is 2.26. The zero-order chi connectivity index (χ0) is 14.8. The van der Waals surface area contributed by atoms with E-state index < -0.39 is 11.9 Å². The number of pyridine rings is 1. The minimum Gasteiger partial charge on any atom is -0.494 e. The molecule has 3 aromatic rings. The largest absolute Gasteiger partial charge is 0.494 e. The molecule has 3 nitrogen and oxygen atoms in total. The van der Waals surface area contributed by atoms with Gasteiger partial charge in [0.25, 0.3) is 0 Å². The van der Waals surface area contributed by atoms with E-state index in [0.717, 1.165) is 16.5 Å². The smallest absolute Gasteiger partial charge is 0.165 e. The van der Waals surface area contributed by atoms with Crippen molar-refractivity contribution < 1.29 is 9.13 Å². The molecule has 1 unspecified atom stereocenters. The summed E-state index contributed by atoms with van der Waals surface area (Å²) in [6, 6.07) is 14.1. The van der Waals surface area contributed by atoms with Gasteiger partial charge in [-0.2, -0.15) is 0 Å². The lowest BCUT2D eigenvalue weighted by atomic mass is 9.98. The predicted molar refractivity (Wildman–Crippen MR) is 80.7 cm³/mol. The molecule has 0 spiro atoms. The molecule has 21 heavy (non-hydrogen) atoms. The van der Waals surface area contributed by atoms with Crippen LogP contribution in [0.4, 0.5) is 4.39 Å². The van der Waals surface area contributed by atoms with Crippen molar-refractivity contribution in [2.75, 3.05) is 7.11 Å². The maximum absolute atomic E-state index is 13.8. The van der Waals surface area contributed by atoms with E-state index >= 15 is 0 Å². The minimum atomic E-state index is -0.413. The van der Waals surface area contributed by atoms with Crippen LogP contribution in [-0.2, 0) is 0 Å². The third-order valence-electron chi connectivity index (χ3n) is 3.52. The molecule has 0 aliphatic carbocycles. The number of halogens is 1. The molecular weight excluding hydrogens is 267 g/mol. The molecule has 106 valence electrons. The van der Waals surface area contributed by atoms with Crippen LogP contribution in [-0.4, -0.2) is 12.1 Å². The Balaban J connectivity index is 1.99. The van der Waals surface area contributed by atoms with Gasteiger partial charge in [0, 0.05) is 11.6 Å². The number of aromatic nitrogens is 1. The third-order valence-corrected chi connectivity index (χ3v) is 3.52. The Bertz CT molecular complexity index is 789. The van der Waals surface area contributed by atoms with Crippen molar-refractivity contribution >= 4 is 10.9 Å². The van der Waals surface area contributed by atoms with E-state index in [2.05, 4.69) is 4.98 Å². The van der Waals surface area contributed by atoms with Gasteiger partial charge in [-0.05, 0) is 35.4 Å². The van der Waals surface area contributed by atoms with Gasteiger partial charge in [-0.15, -0.1) is 0 Å². The number of ether oxygens (including phenoxy) is 1. The van der Waals surface area contributed by atoms with Crippen LogP contribution in [0.15, 0.2) is 54.7 Å². The van der Waals surface area contributed by atoms with Gasteiger partial charge in [0.1, 0.15) is 0 Å².